The van der Waals surface area contributed by atoms with E-state index in [2.05, 4.69) is 15.5 Å². The lowest BCUT2D eigenvalue weighted by molar-refractivity contribution is 0.414. The Morgan fingerprint density at radius 3 is 2.84 bits per heavy atom. The van der Waals surface area contributed by atoms with Crippen molar-refractivity contribution in [3.05, 3.63) is 38.8 Å². The third-order valence-electron chi connectivity index (χ3n) is 2.25. The first-order chi connectivity index (χ1) is 9.10. The molecule has 0 spiro atoms. The number of nitrogens with zero attached hydrogens (tertiary/aromatic N) is 2. The van der Waals surface area contributed by atoms with Crippen molar-refractivity contribution < 1.29 is 4.74 Å². The normalized spacial score (nSPS) is 10.9. The van der Waals surface area contributed by atoms with Gasteiger partial charge in [0.25, 0.3) is 0 Å². The number of thiazole rings is 1. The smallest absolute Gasteiger partial charge is 0.203 e. The number of hydrogen-bond donors (Lipinski definition) is 1. The first-order valence-corrected chi connectivity index (χ1v) is 6.98. The molecular weight excluding hydrogens is 305 g/mol. The quantitative estimate of drug-likeness (QED) is 0.679. The van der Waals surface area contributed by atoms with Crippen molar-refractivity contribution in [2.45, 2.75) is 6.92 Å². The van der Waals surface area contributed by atoms with E-state index in [0.29, 0.717) is 21.4 Å². The maximum Gasteiger partial charge on any atom is 0.203 e. The summed E-state index contributed by atoms with van der Waals surface area (Å²) in [6.07, 6.45) is 1.58. The number of hydrogen-bond acceptors (Lipinski definition) is 5. The Hall–Kier alpha value is -1.30. The van der Waals surface area contributed by atoms with Crippen LogP contribution in [0.5, 0.6) is 5.75 Å². The van der Waals surface area contributed by atoms with Gasteiger partial charge in [0.1, 0.15) is 5.75 Å². The molecule has 1 heterocycles. The van der Waals surface area contributed by atoms with Gasteiger partial charge in [-0.1, -0.05) is 23.2 Å². The Kier molecular flexibility index (Phi) is 4.63. The lowest BCUT2D eigenvalue weighted by atomic mass is 10.2. The molecule has 2 rings (SSSR count). The van der Waals surface area contributed by atoms with E-state index in [-0.39, 0.29) is 0 Å². The van der Waals surface area contributed by atoms with Gasteiger partial charge in [-0.2, -0.15) is 5.10 Å². The van der Waals surface area contributed by atoms with Crippen LogP contribution in [0.3, 0.4) is 0 Å². The van der Waals surface area contributed by atoms with Crippen LogP contribution in [-0.4, -0.2) is 18.3 Å². The van der Waals surface area contributed by atoms with E-state index in [1.165, 1.54) is 11.3 Å². The van der Waals surface area contributed by atoms with Crippen molar-refractivity contribution >= 4 is 45.9 Å². The molecule has 0 unspecified atom stereocenters. The topological polar surface area (TPSA) is 46.5 Å². The highest BCUT2D eigenvalue weighted by atomic mass is 35.5. The molecule has 0 atom stereocenters. The first-order valence-electron chi connectivity index (χ1n) is 5.34. The molecule has 4 nitrogen and oxygen atoms in total. The fourth-order valence-electron chi connectivity index (χ4n) is 1.41. The van der Waals surface area contributed by atoms with Gasteiger partial charge >= 0.3 is 0 Å². The summed E-state index contributed by atoms with van der Waals surface area (Å²) in [4.78, 5) is 4.23. The highest BCUT2D eigenvalue weighted by Gasteiger charge is 2.07. The highest BCUT2D eigenvalue weighted by Crippen LogP contribution is 2.29. The molecule has 0 aliphatic rings. The molecule has 1 N–H and O–H groups in total. The number of halogens is 2. The molecule has 19 heavy (non-hydrogen) atoms. The van der Waals surface area contributed by atoms with Gasteiger partial charge in [-0.25, -0.2) is 4.98 Å². The summed E-state index contributed by atoms with van der Waals surface area (Å²) in [6.45, 7) is 1.92. The zero-order valence-corrected chi connectivity index (χ0v) is 12.6. The van der Waals surface area contributed by atoms with Crippen LogP contribution in [0.4, 0.5) is 5.13 Å². The lowest BCUT2D eigenvalue weighted by Crippen LogP contribution is -1.95. The number of benzene rings is 1. The van der Waals surface area contributed by atoms with Crippen LogP contribution in [-0.2, 0) is 0 Å². The molecule has 7 heteroatoms. The second-order valence-corrected chi connectivity index (χ2v) is 5.37. The molecular formula is C12H11Cl2N3OS. The van der Waals surface area contributed by atoms with Crippen LogP contribution in [0.15, 0.2) is 22.6 Å². The molecule has 100 valence electrons. The average molecular weight is 316 g/mol. The number of aromatic nitrogens is 1. The Bertz CT molecular complexity index is 613. The van der Waals surface area contributed by atoms with Crippen LogP contribution < -0.4 is 10.2 Å². The molecule has 2 aromatic rings. The number of hydrazone groups is 1. The van der Waals surface area contributed by atoms with Crippen molar-refractivity contribution in [2.75, 3.05) is 12.5 Å². The Morgan fingerprint density at radius 2 is 2.21 bits per heavy atom. The minimum absolute atomic E-state index is 0.477. The van der Waals surface area contributed by atoms with E-state index < -0.39 is 0 Å². The van der Waals surface area contributed by atoms with Crippen LogP contribution in [0.2, 0.25) is 10.0 Å². The predicted molar refractivity (Wildman–Crippen MR) is 81.1 cm³/mol. The first kappa shape index (κ1) is 14.1. The van der Waals surface area contributed by atoms with Gasteiger partial charge in [-0.3, -0.25) is 5.43 Å². The van der Waals surface area contributed by atoms with Gasteiger partial charge in [-0.05, 0) is 19.1 Å². The SMILES string of the molecule is COc1cc(Cl)cc(Cl)c1C=NNc1nc(C)cs1. The fraction of sp³-hybridized carbons (Fsp3) is 0.167. The predicted octanol–water partition coefficient (Wildman–Crippen LogP) is 4.21. The molecule has 1 aromatic heterocycles. The molecule has 0 saturated carbocycles. The Morgan fingerprint density at radius 1 is 1.42 bits per heavy atom. The average Bonchev–Trinajstić information content (AvgIpc) is 2.77. The van der Waals surface area contributed by atoms with Gasteiger partial charge in [0.05, 0.1) is 29.6 Å². The minimum Gasteiger partial charge on any atom is -0.496 e. The highest BCUT2D eigenvalue weighted by molar-refractivity contribution is 7.13. The molecule has 0 amide bonds. The van der Waals surface area contributed by atoms with Crippen molar-refractivity contribution in [1.82, 2.24) is 4.98 Å². The van der Waals surface area contributed by atoms with Crippen molar-refractivity contribution in [3.8, 4) is 5.75 Å². The second kappa shape index (κ2) is 6.23. The van der Waals surface area contributed by atoms with Crippen molar-refractivity contribution in [3.63, 3.8) is 0 Å². The number of ether oxygens (including phenoxy) is 1. The monoisotopic (exact) mass is 315 g/mol. The molecule has 1 aromatic carbocycles. The van der Waals surface area contributed by atoms with Crippen LogP contribution in [0.25, 0.3) is 0 Å². The standard InChI is InChI=1S/C12H11Cl2N3OS/c1-7-6-19-12(16-7)17-15-5-9-10(14)3-8(13)4-11(9)18-2/h3-6H,1-2H3,(H,16,17). The fourth-order valence-corrected chi connectivity index (χ4v) is 2.57. The second-order valence-electron chi connectivity index (χ2n) is 3.67. The summed E-state index contributed by atoms with van der Waals surface area (Å²) >= 11 is 13.5. The molecule has 0 saturated heterocycles. The molecule has 0 aliphatic heterocycles. The van der Waals surface area contributed by atoms with Gasteiger partial charge in [-0.15, -0.1) is 11.3 Å². The van der Waals surface area contributed by atoms with Gasteiger partial charge in [0.2, 0.25) is 5.13 Å². The summed E-state index contributed by atoms with van der Waals surface area (Å²) in [5, 5.41) is 7.74. The summed E-state index contributed by atoms with van der Waals surface area (Å²) in [5.74, 6) is 0.568. The third kappa shape index (κ3) is 3.59. The zero-order chi connectivity index (χ0) is 13.8. The maximum atomic E-state index is 6.10. The van der Waals surface area contributed by atoms with Gasteiger partial charge < -0.3 is 4.74 Å². The van der Waals surface area contributed by atoms with E-state index in [0.717, 1.165) is 10.8 Å². The van der Waals surface area contributed by atoms with E-state index >= 15 is 0 Å². The van der Waals surface area contributed by atoms with Gasteiger partial charge in [0, 0.05) is 10.4 Å². The summed E-state index contributed by atoms with van der Waals surface area (Å²) in [7, 11) is 1.55. The molecule has 0 aliphatic carbocycles. The number of methoxy groups -OCH3 is 1. The zero-order valence-electron chi connectivity index (χ0n) is 10.3. The summed E-state index contributed by atoms with van der Waals surface area (Å²) in [6, 6.07) is 3.32. The number of rotatable bonds is 4. The van der Waals surface area contributed by atoms with E-state index in [9.17, 15) is 0 Å². The minimum atomic E-state index is 0.477. The summed E-state index contributed by atoms with van der Waals surface area (Å²) < 4.78 is 5.21. The van der Waals surface area contributed by atoms with Crippen LogP contribution >= 0.6 is 34.5 Å². The molecule has 0 radical (unpaired) electrons. The van der Waals surface area contributed by atoms with Crippen LogP contribution in [0.1, 0.15) is 11.3 Å². The lowest BCUT2D eigenvalue weighted by Gasteiger charge is -2.06. The number of anilines is 1. The van der Waals surface area contributed by atoms with Crippen molar-refractivity contribution in [2.24, 2.45) is 5.10 Å². The third-order valence-corrected chi connectivity index (χ3v) is 3.64. The van der Waals surface area contributed by atoms with E-state index in [4.69, 9.17) is 27.9 Å². The molecule has 0 bridgehead atoms. The van der Waals surface area contributed by atoms with Crippen molar-refractivity contribution in [1.29, 1.82) is 0 Å². The maximum absolute atomic E-state index is 6.10. The Labute approximate surface area is 125 Å². The van der Waals surface area contributed by atoms with E-state index in [1.807, 2.05) is 12.3 Å². The largest absolute Gasteiger partial charge is 0.496 e. The summed E-state index contributed by atoms with van der Waals surface area (Å²) in [5.41, 5.74) is 4.45. The van der Waals surface area contributed by atoms with Crippen LogP contribution in [0, 0.1) is 6.92 Å². The van der Waals surface area contributed by atoms with Gasteiger partial charge in [0.15, 0.2) is 0 Å². The Balaban J connectivity index is 2.18. The van der Waals surface area contributed by atoms with E-state index in [1.54, 1.807) is 25.5 Å². The molecule has 0 fully saturated rings. The number of aryl methyl sites for hydroxylation is 1. The number of nitrogens with one attached hydrogen (secondary N) is 1.